The van der Waals surface area contributed by atoms with Crippen molar-refractivity contribution in [3.05, 3.63) is 0 Å². The molecule has 178 valence electrons. The summed E-state index contributed by atoms with van der Waals surface area (Å²) in [4.78, 5) is 25.1. The Bertz CT molecular complexity index is 715. The first-order valence-corrected chi connectivity index (χ1v) is 10.2. The highest BCUT2D eigenvalue weighted by molar-refractivity contribution is 5.79. The molecule has 3 aliphatic rings. The van der Waals surface area contributed by atoms with Gasteiger partial charge in [0, 0.05) is 19.6 Å². The molecule has 2 saturated carbocycles. The average Bonchev–Trinajstić information content (AvgIpc) is 2.90. The second-order valence-electron chi connectivity index (χ2n) is 9.01. The lowest BCUT2D eigenvalue weighted by atomic mass is 9.42. The number of carboxylic acids is 1. The van der Waals surface area contributed by atoms with Crippen LogP contribution in [-0.2, 0) is 33.3 Å². The van der Waals surface area contributed by atoms with Crippen molar-refractivity contribution in [2.75, 3.05) is 34.4 Å². The highest BCUT2D eigenvalue weighted by Crippen LogP contribution is 2.72. The van der Waals surface area contributed by atoms with Gasteiger partial charge in [-0.1, -0.05) is 6.92 Å². The molecule has 0 aromatic heterocycles. The summed E-state index contributed by atoms with van der Waals surface area (Å²) in [5.74, 6) is -2.57. The fourth-order valence-electron chi connectivity index (χ4n) is 6.51. The summed E-state index contributed by atoms with van der Waals surface area (Å²) in [6.45, 7) is 1.77. The number of esters is 1. The smallest absolute Gasteiger partial charge is 0.336 e. The lowest BCUT2D eigenvalue weighted by molar-refractivity contribution is -0.378. The number of hydrogen-bond donors (Lipinski definition) is 4. The normalized spacial score (nSPS) is 46.5. The summed E-state index contributed by atoms with van der Waals surface area (Å²) in [7, 11) is 2.73. The predicted octanol–water partition coefficient (Wildman–Crippen LogP) is -0.745. The molecule has 1 saturated heterocycles. The third-order valence-electron chi connectivity index (χ3n) is 7.96. The number of rotatable bonds is 9. The van der Waals surface area contributed by atoms with E-state index in [1.54, 1.807) is 6.92 Å². The maximum Gasteiger partial charge on any atom is 0.336 e. The summed E-state index contributed by atoms with van der Waals surface area (Å²) in [6.07, 6.45) is -4.49. The van der Waals surface area contributed by atoms with Gasteiger partial charge in [-0.2, -0.15) is 0 Å². The Morgan fingerprint density at radius 1 is 1.26 bits per heavy atom. The van der Waals surface area contributed by atoms with E-state index in [0.717, 1.165) is 0 Å². The molecule has 2 bridgehead atoms. The number of aliphatic hydroxyl groups is 3. The zero-order valence-electron chi connectivity index (χ0n) is 18.2. The van der Waals surface area contributed by atoms with Crippen molar-refractivity contribution in [2.45, 2.75) is 62.6 Å². The summed E-state index contributed by atoms with van der Waals surface area (Å²) >= 11 is 0. The van der Waals surface area contributed by atoms with Gasteiger partial charge in [-0.05, 0) is 25.7 Å². The van der Waals surface area contributed by atoms with E-state index in [9.17, 15) is 30.0 Å². The number of carbonyl (C=O) groups is 2. The van der Waals surface area contributed by atoms with E-state index in [1.807, 2.05) is 0 Å². The van der Waals surface area contributed by atoms with Crippen LogP contribution in [0.5, 0.6) is 0 Å². The molecule has 0 amide bonds. The van der Waals surface area contributed by atoms with Crippen LogP contribution in [0.1, 0.15) is 33.1 Å². The molecule has 1 heterocycles. The summed E-state index contributed by atoms with van der Waals surface area (Å²) < 4.78 is 27.1. The Kier molecular flexibility index (Phi) is 6.44. The van der Waals surface area contributed by atoms with E-state index in [-0.39, 0.29) is 26.4 Å². The first-order valence-electron chi connectivity index (χ1n) is 10.2. The average molecular weight is 448 g/mol. The molecule has 11 heteroatoms. The highest BCUT2D eigenvalue weighted by Gasteiger charge is 2.85. The number of fused-ring (bicyclic) bond motifs is 1. The number of methoxy groups -OCH3 is 2. The molecule has 8 atom stereocenters. The molecule has 4 N–H and O–H groups in total. The van der Waals surface area contributed by atoms with Gasteiger partial charge in [-0.3, -0.25) is 4.79 Å². The highest BCUT2D eigenvalue weighted by atomic mass is 16.7. The van der Waals surface area contributed by atoms with Gasteiger partial charge >= 0.3 is 11.9 Å². The van der Waals surface area contributed by atoms with Crippen molar-refractivity contribution >= 4 is 11.9 Å². The second kappa shape index (κ2) is 8.22. The van der Waals surface area contributed by atoms with E-state index in [1.165, 1.54) is 21.1 Å². The Balaban J connectivity index is 2.31. The van der Waals surface area contributed by atoms with E-state index in [2.05, 4.69) is 0 Å². The van der Waals surface area contributed by atoms with Crippen LogP contribution in [-0.4, -0.2) is 96.3 Å². The lowest BCUT2D eigenvalue weighted by Crippen LogP contribution is -2.84. The number of carboxylic acid groups (broad SMARTS) is 1. The van der Waals surface area contributed by atoms with E-state index in [4.69, 9.17) is 23.7 Å². The van der Waals surface area contributed by atoms with Crippen molar-refractivity contribution in [1.29, 1.82) is 0 Å². The first-order chi connectivity index (χ1) is 14.5. The minimum absolute atomic E-state index is 0.0312. The number of aliphatic hydroxyl groups excluding tert-OH is 2. The van der Waals surface area contributed by atoms with Gasteiger partial charge in [0.2, 0.25) is 0 Å². The van der Waals surface area contributed by atoms with Gasteiger partial charge in [-0.25, -0.2) is 4.79 Å². The quantitative estimate of drug-likeness (QED) is 0.259. The van der Waals surface area contributed by atoms with Gasteiger partial charge < -0.3 is 44.1 Å². The molecular weight excluding hydrogens is 416 g/mol. The number of hydrogen-bond acceptors (Lipinski definition) is 10. The monoisotopic (exact) mass is 448 g/mol. The van der Waals surface area contributed by atoms with Crippen LogP contribution in [0.15, 0.2) is 0 Å². The zero-order chi connectivity index (χ0) is 23.2. The molecule has 3 fully saturated rings. The van der Waals surface area contributed by atoms with Crippen LogP contribution in [0.25, 0.3) is 0 Å². The van der Waals surface area contributed by atoms with E-state index >= 15 is 0 Å². The minimum Gasteiger partial charge on any atom is -0.481 e. The standard InChI is InChI=1S/C20H32O11/c1-11-5-12(22)20(26)18(8-21,7-14(23)24)17(2,30-10-28-4)13-6-19(11,20)15(16(25)31-13)29-9-27-3/h11-13,15,21-22,26H,5-10H2,1-4H3,(H,23,24)/t11-,12-,13-,15+,17+,18-,19?,20+/m1/s1. The van der Waals surface area contributed by atoms with E-state index < -0.39 is 71.2 Å². The second-order valence-corrected chi connectivity index (χ2v) is 9.01. The van der Waals surface area contributed by atoms with Crippen LogP contribution in [0, 0.1) is 16.7 Å². The van der Waals surface area contributed by atoms with Crippen LogP contribution >= 0.6 is 0 Å². The molecule has 2 aliphatic carbocycles. The Hall–Kier alpha value is -1.34. The predicted molar refractivity (Wildman–Crippen MR) is 102 cm³/mol. The maximum atomic E-state index is 13.1. The van der Waals surface area contributed by atoms with Gasteiger partial charge in [0.15, 0.2) is 6.10 Å². The first kappa shape index (κ1) is 24.3. The molecule has 0 aromatic rings. The van der Waals surface area contributed by atoms with Crippen molar-refractivity contribution < 1.29 is 53.7 Å². The third kappa shape index (κ3) is 2.91. The lowest BCUT2D eigenvalue weighted by Gasteiger charge is -2.69. The van der Waals surface area contributed by atoms with Gasteiger partial charge in [0.25, 0.3) is 0 Å². The van der Waals surface area contributed by atoms with Crippen LogP contribution < -0.4 is 0 Å². The molecule has 0 aromatic carbocycles. The van der Waals surface area contributed by atoms with Gasteiger partial charge in [-0.15, -0.1) is 0 Å². The fraction of sp³-hybridized carbons (Fsp3) is 0.900. The summed E-state index contributed by atoms with van der Waals surface area (Å²) in [6, 6.07) is 0. The number of ether oxygens (including phenoxy) is 5. The van der Waals surface area contributed by atoms with Gasteiger partial charge in [0.1, 0.15) is 30.9 Å². The van der Waals surface area contributed by atoms with Crippen LogP contribution in [0.4, 0.5) is 0 Å². The molecule has 3 rings (SSSR count). The third-order valence-corrected chi connectivity index (χ3v) is 7.96. The Morgan fingerprint density at radius 3 is 2.45 bits per heavy atom. The molecule has 1 unspecified atom stereocenters. The zero-order valence-corrected chi connectivity index (χ0v) is 18.2. The number of aliphatic carboxylic acids is 1. The SMILES string of the molecule is COCO[C@H]1C(=O)O[C@@H]2CC13[C@H](C)C[C@@H](O)[C@]3(O)[C@@](CO)(CC(=O)O)[C@@]2(C)OCOC. The van der Waals surface area contributed by atoms with Crippen molar-refractivity contribution in [2.24, 2.45) is 16.7 Å². The van der Waals surface area contributed by atoms with Crippen molar-refractivity contribution in [3.8, 4) is 0 Å². The fourth-order valence-corrected chi connectivity index (χ4v) is 6.51. The number of carbonyl (C=O) groups excluding carboxylic acids is 1. The van der Waals surface area contributed by atoms with Crippen LogP contribution in [0.2, 0.25) is 0 Å². The van der Waals surface area contributed by atoms with Crippen molar-refractivity contribution in [3.63, 3.8) is 0 Å². The molecule has 11 nitrogen and oxygen atoms in total. The topological polar surface area (TPSA) is 161 Å². The molecule has 1 aliphatic heterocycles. The maximum absolute atomic E-state index is 13.1. The molecular formula is C20H32O11. The van der Waals surface area contributed by atoms with Crippen LogP contribution in [0.3, 0.4) is 0 Å². The van der Waals surface area contributed by atoms with Crippen molar-refractivity contribution in [1.82, 2.24) is 0 Å². The summed E-state index contributed by atoms with van der Waals surface area (Å²) in [5.41, 5.74) is -7.35. The van der Waals surface area contributed by atoms with Gasteiger partial charge in [0.05, 0.1) is 24.5 Å². The summed E-state index contributed by atoms with van der Waals surface area (Å²) in [5, 5.41) is 43.9. The molecule has 31 heavy (non-hydrogen) atoms. The largest absolute Gasteiger partial charge is 0.481 e. The minimum atomic E-state index is -2.26. The molecule has 1 spiro atoms. The Morgan fingerprint density at radius 2 is 1.90 bits per heavy atom. The Labute approximate surface area is 180 Å². The van der Waals surface area contributed by atoms with E-state index in [0.29, 0.717) is 0 Å². The molecule has 0 radical (unpaired) electrons.